The molecular formula is C9H18O. The van der Waals surface area contributed by atoms with E-state index in [2.05, 4.69) is 19.1 Å². The first kappa shape index (κ1) is 9.70. The summed E-state index contributed by atoms with van der Waals surface area (Å²) in [6.07, 6.45) is 6.84. The number of rotatable bonds is 5. The van der Waals surface area contributed by atoms with Gasteiger partial charge in [-0.2, -0.15) is 0 Å². The zero-order valence-electron chi connectivity index (χ0n) is 7.26. The smallest absolute Gasteiger partial charge is 0.0755 e. The fourth-order valence-corrected chi connectivity index (χ4v) is 0.948. The molecule has 0 aromatic heterocycles. The van der Waals surface area contributed by atoms with Crippen LogP contribution in [0.3, 0.4) is 0 Å². The highest BCUT2D eigenvalue weighted by Gasteiger charge is 1.99. The lowest BCUT2D eigenvalue weighted by atomic mass is 10.2. The molecule has 0 bridgehead atoms. The van der Waals surface area contributed by atoms with Crippen molar-refractivity contribution < 1.29 is 4.74 Å². The largest absolute Gasteiger partial charge is 0.374 e. The molecule has 0 fully saturated rings. The fourth-order valence-electron chi connectivity index (χ4n) is 0.948. The zero-order valence-corrected chi connectivity index (χ0v) is 7.26. The Morgan fingerprint density at radius 2 is 2.10 bits per heavy atom. The van der Waals surface area contributed by atoms with E-state index in [1.807, 2.05) is 13.8 Å². The third-order valence-corrected chi connectivity index (χ3v) is 1.36. The lowest BCUT2D eigenvalue weighted by Crippen LogP contribution is -2.08. The minimum Gasteiger partial charge on any atom is -0.374 e. The third kappa shape index (κ3) is 4.57. The van der Waals surface area contributed by atoms with E-state index in [0.717, 1.165) is 13.0 Å². The van der Waals surface area contributed by atoms with Crippen molar-refractivity contribution in [3.05, 3.63) is 12.2 Å². The van der Waals surface area contributed by atoms with Gasteiger partial charge in [0.15, 0.2) is 0 Å². The van der Waals surface area contributed by atoms with Crippen molar-refractivity contribution >= 4 is 0 Å². The molecule has 0 aliphatic heterocycles. The molecule has 60 valence electrons. The molecule has 0 N–H and O–H groups in total. The molecule has 0 aromatic carbocycles. The summed E-state index contributed by atoms with van der Waals surface area (Å²) >= 11 is 0. The van der Waals surface area contributed by atoms with E-state index in [-0.39, 0.29) is 0 Å². The highest BCUT2D eigenvalue weighted by molar-refractivity contribution is 4.86. The van der Waals surface area contributed by atoms with Crippen LogP contribution in [0.4, 0.5) is 0 Å². The second kappa shape index (κ2) is 6.81. The molecule has 0 saturated carbocycles. The summed E-state index contributed by atoms with van der Waals surface area (Å²) < 4.78 is 5.44. The molecule has 0 rings (SSSR count). The van der Waals surface area contributed by atoms with Crippen LogP contribution in [0.15, 0.2) is 12.2 Å². The maximum atomic E-state index is 5.44. The first-order chi connectivity index (χ1) is 4.85. The SMILES string of the molecule is C/C=C\C(CCC)OCC. The van der Waals surface area contributed by atoms with Crippen LogP contribution in [0.25, 0.3) is 0 Å². The summed E-state index contributed by atoms with van der Waals surface area (Å²) in [7, 11) is 0. The number of hydrogen-bond donors (Lipinski definition) is 0. The van der Waals surface area contributed by atoms with Gasteiger partial charge in [0.2, 0.25) is 0 Å². The molecule has 0 spiro atoms. The summed E-state index contributed by atoms with van der Waals surface area (Å²) in [6.45, 7) is 7.05. The van der Waals surface area contributed by atoms with Crippen molar-refractivity contribution in [2.75, 3.05) is 6.61 Å². The predicted molar refractivity (Wildman–Crippen MR) is 45.1 cm³/mol. The fraction of sp³-hybridized carbons (Fsp3) is 0.778. The van der Waals surface area contributed by atoms with Gasteiger partial charge >= 0.3 is 0 Å². The summed E-state index contributed by atoms with van der Waals surface area (Å²) in [4.78, 5) is 0. The van der Waals surface area contributed by atoms with Gasteiger partial charge in [0.05, 0.1) is 6.10 Å². The minimum absolute atomic E-state index is 0.347. The van der Waals surface area contributed by atoms with Crippen molar-refractivity contribution in [3.8, 4) is 0 Å². The number of allylic oxidation sites excluding steroid dienone is 1. The van der Waals surface area contributed by atoms with Gasteiger partial charge in [0.1, 0.15) is 0 Å². The molecule has 0 aliphatic carbocycles. The van der Waals surface area contributed by atoms with E-state index in [0.29, 0.717) is 6.10 Å². The Hall–Kier alpha value is -0.300. The molecule has 1 unspecified atom stereocenters. The molecule has 0 aliphatic rings. The average molecular weight is 142 g/mol. The summed E-state index contributed by atoms with van der Waals surface area (Å²) in [5.41, 5.74) is 0. The summed E-state index contributed by atoms with van der Waals surface area (Å²) in [5, 5.41) is 0. The maximum absolute atomic E-state index is 5.44. The monoisotopic (exact) mass is 142 g/mol. The van der Waals surface area contributed by atoms with Crippen LogP contribution in [0.5, 0.6) is 0 Å². The Labute approximate surface area is 64.1 Å². The molecule has 0 saturated heterocycles. The van der Waals surface area contributed by atoms with E-state index in [9.17, 15) is 0 Å². The standard InChI is InChI=1S/C9H18O/c1-4-7-9(8-5-2)10-6-3/h4,7,9H,5-6,8H2,1-3H3/b7-4-. The highest BCUT2D eigenvalue weighted by atomic mass is 16.5. The van der Waals surface area contributed by atoms with Gasteiger partial charge in [-0.05, 0) is 20.3 Å². The normalized spacial score (nSPS) is 14.3. The second-order valence-electron chi connectivity index (χ2n) is 2.31. The maximum Gasteiger partial charge on any atom is 0.0755 e. The van der Waals surface area contributed by atoms with Crippen molar-refractivity contribution in [2.45, 2.75) is 39.7 Å². The molecule has 10 heavy (non-hydrogen) atoms. The van der Waals surface area contributed by atoms with E-state index in [4.69, 9.17) is 4.74 Å². The Morgan fingerprint density at radius 1 is 1.40 bits per heavy atom. The van der Waals surface area contributed by atoms with Crippen LogP contribution in [0.2, 0.25) is 0 Å². The zero-order chi connectivity index (χ0) is 7.82. The van der Waals surface area contributed by atoms with Gasteiger partial charge in [-0.3, -0.25) is 0 Å². The van der Waals surface area contributed by atoms with Crippen molar-refractivity contribution in [1.82, 2.24) is 0 Å². The molecule has 0 radical (unpaired) electrons. The lowest BCUT2D eigenvalue weighted by molar-refractivity contribution is 0.0897. The Kier molecular flexibility index (Phi) is 6.61. The highest BCUT2D eigenvalue weighted by Crippen LogP contribution is 2.02. The number of hydrogen-bond acceptors (Lipinski definition) is 1. The van der Waals surface area contributed by atoms with Crippen LogP contribution in [0.1, 0.15) is 33.6 Å². The molecule has 0 aromatic rings. The van der Waals surface area contributed by atoms with Crippen LogP contribution in [-0.4, -0.2) is 12.7 Å². The first-order valence-corrected chi connectivity index (χ1v) is 4.09. The predicted octanol–water partition coefficient (Wildman–Crippen LogP) is 2.77. The van der Waals surface area contributed by atoms with Crippen LogP contribution < -0.4 is 0 Å². The van der Waals surface area contributed by atoms with Gasteiger partial charge in [-0.25, -0.2) is 0 Å². The van der Waals surface area contributed by atoms with Crippen LogP contribution in [-0.2, 0) is 4.74 Å². The van der Waals surface area contributed by atoms with Crippen molar-refractivity contribution in [3.63, 3.8) is 0 Å². The van der Waals surface area contributed by atoms with Crippen LogP contribution in [0, 0.1) is 0 Å². The summed E-state index contributed by atoms with van der Waals surface area (Å²) in [5.74, 6) is 0. The van der Waals surface area contributed by atoms with Crippen LogP contribution >= 0.6 is 0 Å². The van der Waals surface area contributed by atoms with Gasteiger partial charge in [-0.15, -0.1) is 0 Å². The minimum atomic E-state index is 0.347. The van der Waals surface area contributed by atoms with Gasteiger partial charge in [0, 0.05) is 6.61 Å². The first-order valence-electron chi connectivity index (χ1n) is 4.09. The van der Waals surface area contributed by atoms with Gasteiger partial charge in [-0.1, -0.05) is 25.5 Å². The van der Waals surface area contributed by atoms with E-state index in [1.54, 1.807) is 0 Å². The molecule has 0 amide bonds. The quantitative estimate of drug-likeness (QED) is 0.536. The Balaban J connectivity index is 3.50. The van der Waals surface area contributed by atoms with Crippen molar-refractivity contribution in [1.29, 1.82) is 0 Å². The van der Waals surface area contributed by atoms with Gasteiger partial charge in [0.25, 0.3) is 0 Å². The Bertz CT molecular complexity index is 80.7. The molecule has 1 nitrogen and oxygen atoms in total. The molecule has 1 atom stereocenters. The van der Waals surface area contributed by atoms with E-state index >= 15 is 0 Å². The van der Waals surface area contributed by atoms with Crippen molar-refractivity contribution in [2.24, 2.45) is 0 Å². The molecular weight excluding hydrogens is 124 g/mol. The van der Waals surface area contributed by atoms with E-state index in [1.165, 1.54) is 6.42 Å². The Morgan fingerprint density at radius 3 is 2.50 bits per heavy atom. The number of ether oxygens (including phenoxy) is 1. The second-order valence-corrected chi connectivity index (χ2v) is 2.31. The molecule has 1 heteroatoms. The van der Waals surface area contributed by atoms with E-state index < -0.39 is 0 Å². The van der Waals surface area contributed by atoms with Gasteiger partial charge < -0.3 is 4.74 Å². The molecule has 0 heterocycles. The average Bonchev–Trinajstić information content (AvgIpc) is 1.90. The topological polar surface area (TPSA) is 9.23 Å². The lowest BCUT2D eigenvalue weighted by Gasteiger charge is -2.10. The summed E-state index contributed by atoms with van der Waals surface area (Å²) in [6, 6.07) is 0. The third-order valence-electron chi connectivity index (χ3n) is 1.36.